The predicted octanol–water partition coefficient (Wildman–Crippen LogP) is 3.00. The number of hydrogen-bond donors (Lipinski definition) is 2. The number of nitrogens with two attached hydrogens (primary N) is 1. The highest BCUT2D eigenvalue weighted by Gasteiger charge is 2.17. The van der Waals surface area contributed by atoms with Gasteiger partial charge >= 0.3 is 5.97 Å². The Bertz CT molecular complexity index is 726. The van der Waals surface area contributed by atoms with E-state index in [1.54, 1.807) is 6.92 Å². The Balaban J connectivity index is 2.53. The topological polar surface area (TPSA) is 85.9 Å². The Morgan fingerprint density at radius 2 is 2.15 bits per heavy atom. The maximum atomic E-state index is 11.7. The first-order valence-electron chi connectivity index (χ1n) is 5.55. The van der Waals surface area contributed by atoms with Crippen molar-refractivity contribution < 1.29 is 9.53 Å². The molecular formula is C11H10Cl2N4O2S. The van der Waals surface area contributed by atoms with Crippen LogP contribution in [0.15, 0.2) is 12.1 Å². The first-order valence-corrected chi connectivity index (χ1v) is 6.71. The number of nitrogens with one attached hydrogen (secondary N) is 1. The van der Waals surface area contributed by atoms with Crippen molar-refractivity contribution in [3.63, 3.8) is 0 Å². The average Bonchev–Trinajstić information content (AvgIpc) is 2.76. The number of hydrogen-bond acceptors (Lipinski definition) is 5. The second kappa shape index (κ2) is 5.82. The molecule has 9 heteroatoms. The molecule has 6 nitrogen and oxygen atoms in total. The zero-order valence-electron chi connectivity index (χ0n) is 10.3. The molecule has 1 aromatic carbocycles. The first kappa shape index (κ1) is 14.8. The number of nitrogen functional groups attached to an aromatic ring is 1. The maximum absolute atomic E-state index is 11.7. The number of ether oxygens (including phenoxy) is 1. The number of rotatable bonds is 3. The SMILES string of the molecule is CCOC(=O)c1n[nH]n(-c2cc(Cl)c(Cl)cc2N)c1=S. The monoisotopic (exact) mass is 332 g/mol. The predicted molar refractivity (Wildman–Crippen MR) is 79.1 cm³/mol. The standard InChI is InChI=1S/C11H10Cl2N4O2S/c1-2-19-11(18)9-10(20)17(16-15-9)8-4-6(13)5(12)3-7(8)14/h3-4,16H,2,14H2,1H3. The van der Waals surface area contributed by atoms with Gasteiger partial charge < -0.3 is 10.5 Å². The second-order valence-corrected chi connectivity index (χ2v) is 4.95. The van der Waals surface area contributed by atoms with E-state index in [4.69, 9.17) is 45.9 Å². The maximum Gasteiger partial charge on any atom is 0.362 e. The molecule has 1 heterocycles. The fraction of sp³-hybridized carbons (Fsp3) is 0.182. The van der Waals surface area contributed by atoms with Gasteiger partial charge in [0.05, 0.1) is 28.0 Å². The zero-order chi connectivity index (χ0) is 14.9. The fourth-order valence-corrected chi connectivity index (χ4v) is 2.14. The normalized spacial score (nSPS) is 10.6. The van der Waals surface area contributed by atoms with Crippen LogP contribution in [0, 0.1) is 4.64 Å². The number of benzene rings is 1. The van der Waals surface area contributed by atoms with E-state index in [1.165, 1.54) is 16.8 Å². The van der Waals surface area contributed by atoms with Gasteiger partial charge in [0, 0.05) is 0 Å². The van der Waals surface area contributed by atoms with Gasteiger partial charge in [-0.15, -0.1) is 5.10 Å². The first-order chi connectivity index (χ1) is 9.45. The third-order valence-corrected chi connectivity index (χ3v) is 3.54. The summed E-state index contributed by atoms with van der Waals surface area (Å²) >= 11 is 17.0. The van der Waals surface area contributed by atoms with E-state index in [1.807, 2.05) is 0 Å². The molecule has 0 fully saturated rings. The van der Waals surface area contributed by atoms with Crippen molar-refractivity contribution in [2.45, 2.75) is 6.92 Å². The van der Waals surface area contributed by atoms with Crippen LogP contribution in [0.3, 0.4) is 0 Å². The van der Waals surface area contributed by atoms with Crippen molar-refractivity contribution in [1.29, 1.82) is 0 Å². The number of anilines is 1. The van der Waals surface area contributed by atoms with E-state index in [-0.39, 0.29) is 16.9 Å². The third kappa shape index (κ3) is 2.65. The van der Waals surface area contributed by atoms with Crippen molar-refractivity contribution in [1.82, 2.24) is 15.0 Å². The minimum atomic E-state index is -0.605. The largest absolute Gasteiger partial charge is 0.461 e. The molecule has 0 aliphatic rings. The number of aromatic amines is 1. The van der Waals surface area contributed by atoms with Crippen LogP contribution in [-0.4, -0.2) is 27.6 Å². The summed E-state index contributed by atoms with van der Waals surface area (Å²) in [5.74, 6) is -0.605. The molecule has 0 saturated heterocycles. The number of carbonyl (C=O) groups is 1. The summed E-state index contributed by atoms with van der Waals surface area (Å²) in [6, 6.07) is 3.02. The quantitative estimate of drug-likeness (QED) is 0.512. The van der Waals surface area contributed by atoms with E-state index in [0.717, 1.165) is 0 Å². The van der Waals surface area contributed by atoms with Crippen LogP contribution in [-0.2, 0) is 4.74 Å². The lowest BCUT2D eigenvalue weighted by atomic mass is 10.2. The summed E-state index contributed by atoms with van der Waals surface area (Å²) in [7, 11) is 0. The lowest BCUT2D eigenvalue weighted by Gasteiger charge is -2.07. The highest BCUT2D eigenvalue weighted by atomic mass is 35.5. The molecular weight excluding hydrogens is 323 g/mol. The number of esters is 1. The lowest BCUT2D eigenvalue weighted by Crippen LogP contribution is -2.06. The van der Waals surface area contributed by atoms with Crippen LogP contribution in [0.1, 0.15) is 17.4 Å². The summed E-state index contributed by atoms with van der Waals surface area (Å²) in [4.78, 5) is 11.7. The van der Waals surface area contributed by atoms with Crippen molar-refractivity contribution in [2.24, 2.45) is 0 Å². The Kier molecular flexibility index (Phi) is 4.32. The number of aromatic nitrogens is 3. The van der Waals surface area contributed by atoms with Crippen molar-refractivity contribution in [3.05, 3.63) is 32.5 Å². The molecule has 106 valence electrons. The van der Waals surface area contributed by atoms with Gasteiger partial charge in [-0.2, -0.15) is 0 Å². The Labute approximate surface area is 129 Å². The molecule has 0 unspecified atom stereocenters. The lowest BCUT2D eigenvalue weighted by molar-refractivity contribution is 0.0518. The molecule has 0 radical (unpaired) electrons. The molecule has 1 aromatic heterocycles. The van der Waals surface area contributed by atoms with Crippen LogP contribution in [0.5, 0.6) is 0 Å². The number of halogens is 2. The van der Waals surface area contributed by atoms with Crippen molar-refractivity contribution in [2.75, 3.05) is 12.3 Å². The minimum Gasteiger partial charge on any atom is -0.461 e. The summed E-state index contributed by atoms with van der Waals surface area (Å²) < 4.78 is 6.36. The Hall–Kier alpha value is -1.57. The fourth-order valence-electron chi connectivity index (χ4n) is 1.54. The summed E-state index contributed by atoms with van der Waals surface area (Å²) in [5, 5.41) is 7.06. The van der Waals surface area contributed by atoms with Gasteiger partial charge in [-0.1, -0.05) is 35.4 Å². The second-order valence-electron chi connectivity index (χ2n) is 3.75. The van der Waals surface area contributed by atoms with Crippen molar-refractivity contribution >= 4 is 47.1 Å². The molecule has 3 N–H and O–H groups in total. The summed E-state index contributed by atoms with van der Waals surface area (Å²) in [5.41, 5.74) is 6.66. The third-order valence-electron chi connectivity index (χ3n) is 2.45. The van der Waals surface area contributed by atoms with Crippen molar-refractivity contribution in [3.8, 4) is 5.69 Å². The zero-order valence-corrected chi connectivity index (χ0v) is 12.6. The van der Waals surface area contributed by atoms with Gasteiger partial charge in [0.2, 0.25) is 5.69 Å². The molecule has 0 aliphatic heterocycles. The highest BCUT2D eigenvalue weighted by Crippen LogP contribution is 2.29. The van der Waals surface area contributed by atoms with Gasteiger partial charge in [-0.3, -0.25) is 0 Å². The van der Waals surface area contributed by atoms with E-state index in [2.05, 4.69) is 10.3 Å². The van der Waals surface area contributed by atoms with Crippen LogP contribution >= 0.6 is 35.4 Å². The molecule has 0 bridgehead atoms. The molecule has 0 atom stereocenters. The van der Waals surface area contributed by atoms with Gasteiger partial charge in [0.15, 0.2) is 4.64 Å². The highest BCUT2D eigenvalue weighted by molar-refractivity contribution is 7.71. The summed E-state index contributed by atoms with van der Waals surface area (Å²) in [6.07, 6.45) is 0. The van der Waals surface area contributed by atoms with Gasteiger partial charge in [-0.05, 0) is 19.1 Å². The van der Waals surface area contributed by atoms with Gasteiger partial charge in [0.25, 0.3) is 0 Å². The number of H-pyrrole nitrogens is 1. The van der Waals surface area contributed by atoms with Crippen LogP contribution in [0.4, 0.5) is 5.69 Å². The molecule has 2 rings (SSSR count). The molecule has 20 heavy (non-hydrogen) atoms. The summed E-state index contributed by atoms with van der Waals surface area (Å²) in [6.45, 7) is 1.92. The van der Waals surface area contributed by atoms with Gasteiger partial charge in [-0.25, -0.2) is 14.7 Å². The van der Waals surface area contributed by atoms with Crippen LogP contribution in [0.2, 0.25) is 10.0 Å². The molecule has 0 aliphatic carbocycles. The number of nitrogens with zero attached hydrogens (tertiary/aromatic N) is 2. The van der Waals surface area contributed by atoms with Crippen LogP contribution < -0.4 is 5.73 Å². The molecule has 0 saturated carbocycles. The van der Waals surface area contributed by atoms with E-state index < -0.39 is 5.97 Å². The minimum absolute atomic E-state index is 0.00678. The van der Waals surface area contributed by atoms with E-state index in [9.17, 15) is 4.79 Å². The average molecular weight is 333 g/mol. The van der Waals surface area contributed by atoms with Crippen LogP contribution in [0.25, 0.3) is 5.69 Å². The van der Waals surface area contributed by atoms with E-state index in [0.29, 0.717) is 21.4 Å². The smallest absolute Gasteiger partial charge is 0.362 e. The van der Waals surface area contributed by atoms with Gasteiger partial charge in [0.1, 0.15) is 0 Å². The molecule has 0 amide bonds. The molecule has 2 aromatic rings. The Morgan fingerprint density at radius 3 is 2.80 bits per heavy atom. The molecule has 0 spiro atoms. The van der Waals surface area contributed by atoms with E-state index >= 15 is 0 Å². The Morgan fingerprint density at radius 1 is 1.50 bits per heavy atom. The number of carbonyl (C=O) groups excluding carboxylic acids is 1.